The lowest BCUT2D eigenvalue weighted by Crippen LogP contribution is -2.50. The van der Waals surface area contributed by atoms with Crippen molar-refractivity contribution in [2.45, 2.75) is 51.3 Å². The standard InChI is InChI=1S/C19H31N3O3/c1-15(2)21-19(24)22-12-9-16(10-13-22)20-11-8-17(23)14-25-18-6-4-3-5-7-18/h3-7,15-17,20,23H,8-14H2,1-2H3,(H,21,24). The van der Waals surface area contributed by atoms with Crippen molar-refractivity contribution < 1.29 is 14.6 Å². The van der Waals surface area contributed by atoms with Crippen LogP contribution in [0.15, 0.2) is 30.3 Å². The van der Waals surface area contributed by atoms with E-state index in [0.717, 1.165) is 38.2 Å². The zero-order valence-electron chi connectivity index (χ0n) is 15.3. The van der Waals surface area contributed by atoms with Crippen LogP contribution in [0.25, 0.3) is 0 Å². The van der Waals surface area contributed by atoms with Gasteiger partial charge in [0, 0.05) is 25.2 Å². The van der Waals surface area contributed by atoms with Gasteiger partial charge in [-0.1, -0.05) is 18.2 Å². The van der Waals surface area contributed by atoms with E-state index in [-0.39, 0.29) is 12.1 Å². The number of urea groups is 1. The molecular formula is C19H31N3O3. The summed E-state index contributed by atoms with van der Waals surface area (Å²) in [5, 5.41) is 16.4. The Morgan fingerprint density at radius 2 is 1.96 bits per heavy atom. The van der Waals surface area contributed by atoms with E-state index < -0.39 is 6.10 Å². The number of piperidine rings is 1. The molecule has 1 aliphatic rings. The van der Waals surface area contributed by atoms with Crippen LogP contribution >= 0.6 is 0 Å². The molecule has 1 saturated heterocycles. The maximum absolute atomic E-state index is 12.0. The Labute approximate surface area is 150 Å². The average Bonchev–Trinajstić information content (AvgIpc) is 2.61. The first-order valence-electron chi connectivity index (χ1n) is 9.19. The number of nitrogens with zero attached hydrogens (tertiary/aromatic N) is 1. The number of likely N-dealkylation sites (tertiary alicyclic amines) is 1. The first-order chi connectivity index (χ1) is 12.0. The molecule has 1 atom stereocenters. The topological polar surface area (TPSA) is 73.8 Å². The third kappa shape index (κ3) is 7.32. The van der Waals surface area contributed by atoms with Crippen LogP contribution in [0.3, 0.4) is 0 Å². The molecule has 0 radical (unpaired) electrons. The highest BCUT2D eigenvalue weighted by Gasteiger charge is 2.22. The van der Waals surface area contributed by atoms with Gasteiger partial charge < -0.3 is 25.4 Å². The molecule has 0 saturated carbocycles. The fraction of sp³-hybridized carbons (Fsp3) is 0.632. The Morgan fingerprint density at radius 3 is 2.60 bits per heavy atom. The normalized spacial score (nSPS) is 16.7. The fourth-order valence-electron chi connectivity index (χ4n) is 2.87. The summed E-state index contributed by atoms with van der Waals surface area (Å²) in [4.78, 5) is 13.8. The van der Waals surface area contributed by atoms with Crippen molar-refractivity contribution in [2.24, 2.45) is 0 Å². The van der Waals surface area contributed by atoms with Crippen molar-refractivity contribution in [1.82, 2.24) is 15.5 Å². The third-order valence-electron chi connectivity index (χ3n) is 4.29. The zero-order chi connectivity index (χ0) is 18.1. The van der Waals surface area contributed by atoms with E-state index in [4.69, 9.17) is 4.74 Å². The molecule has 3 N–H and O–H groups in total. The van der Waals surface area contributed by atoms with E-state index in [0.29, 0.717) is 19.1 Å². The first kappa shape index (κ1) is 19.5. The number of amides is 2. The van der Waals surface area contributed by atoms with Gasteiger partial charge in [0.25, 0.3) is 0 Å². The van der Waals surface area contributed by atoms with Crippen LogP contribution in [0, 0.1) is 0 Å². The predicted molar refractivity (Wildman–Crippen MR) is 98.8 cm³/mol. The maximum atomic E-state index is 12.0. The van der Waals surface area contributed by atoms with Gasteiger partial charge in [0.15, 0.2) is 0 Å². The molecule has 1 fully saturated rings. The molecule has 0 spiro atoms. The number of rotatable bonds is 8. The zero-order valence-corrected chi connectivity index (χ0v) is 15.3. The Bertz CT molecular complexity index is 502. The number of para-hydroxylation sites is 1. The van der Waals surface area contributed by atoms with Gasteiger partial charge in [0.05, 0.1) is 6.10 Å². The largest absolute Gasteiger partial charge is 0.491 e. The lowest BCUT2D eigenvalue weighted by atomic mass is 10.1. The molecule has 0 aliphatic carbocycles. The van der Waals surface area contributed by atoms with Gasteiger partial charge in [-0.05, 0) is 51.8 Å². The molecule has 1 heterocycles. The Hall–Kier alpha value is -1.79. The predicted octanol–water partition coefficient (Wildman–Crippen LogP) is 1.99. The summed E-state index contributed by atoms with van der Waals surface area (Å²) < 4.78 is 5.55. The van der Waals surface area contributed by atoms with Crippen molar-refractivity contribution in [3.63, 3.8) is 0 Å². The van der Waals surface area contributed by atoms with Gasteiger partial charge in [-0.25, -0.2) is 4.79 Å². The van der Waals surface area contributed by atoms with Gasteiger partial charge >= 0.3 is 6.03 Å². The van der Waals surface area contributed by atoms with Crippen molar-refractivity contribution in [2.75, 3.05) is 26.2 Å². The van der Waals surface area contributed by atoms with E-state index in [1.807, 2.05) is 49.1 Å². The highest BCUT2D eigenvalue weighted by Crippen LogP contribution is 2.11. The van der Waals surface area contributed by atoms with Gasteiger partial charge in [-0.2, -0.15) is 0 Å². The monoisotopic (exact) mass is 349 g/mol. The molecule has 1 aromatic carbocycles. The summed E-state index contributed by atoms with van der Waals surface area (Å²) in [5.41, 5.74) is 0. The van der Waals surface area contributed by atoms with Gasteiger partial charge in [-0.15, -0.1) is 0 Å². The Morgan fingerprint density at radius 1 is 1.28 bits per heavy atom. The summed E-state index contributed by atoms with van der Waals surface area (Å²) in [5.74, 6) is 0.779. The van der Waals surface area contributed by atoms with Crippen LogP contribution in [0.4, 0.5) is 4.79 Å². The molecule has 6 nitrogen and oxygen atoms in total. The highest BCUT2D eigenvalue weighted by atomic mass is 16.5. The minimum Gasteiger partial charge on any atom is -0.491 e. The molecule has 0 aromatic heterocycles. The van der Waals surface area contributed by atoms with Crippen LogP contribution in [0.5, 0.6) is 5.75 Å². The number of hydrogen-bond acceptors (Lipinski definition) is 4. The summed E-state index contributed by atoms with van der Waals surface area (Å²) >= 11 is 0. The number of carbonyl (C=O) groups is 1. The van der Waals surface area contributed by atoms with E-state index >= 15 is 0 Å². The van der Waals surface area contributed by atoms with Crippen LogP contribution < -0.4 is 15.4 Å². The van der Waals surface area contributed by atoms with Crippen LogP contribution in [0.1, 0.15) is 33.1 Å². The highest BCUT2D eigenvalue weighted by molar-refractivity contribution is 5.74. The summed E-state index contributed by atoms with van der Waals surface area (Å²) in [7, 11) is 0. The Kier molecular flexibility index (Phi) is 8.01. The number of aliphatic hydroxyl groups excluding tert-OH is 1. The average molecular weight is 349 g/mol. The van der Waals surface area contributed by atoms with E-state index in [1.165, 1.54) is 0 Å². The second kappa shape index (κ2) is 10.3. The molecule has 25 heavy (non-hydrogen) atoms. The molecule has 140 valence electrons. The third-order valence-corrected chi connectivity index (χ3v) is 4.29. The summed E-state index contributed by atoms with van der Waals surface area (Å²) in [6.07, 6.45) is 2.06. The number of nitrogens with one attached hydrogen (secondary N) is 2. The number of benzene rings is 1. The second-order valence-electron chi connectivity index (χ2n) is 6.89. The van der Waals surface area contributed by atoms with Crippen molar-refractivity contribution >= 4 is 6.03 Å². The second-order valence-corrected chi connectivity index (χ2v) is 6.89. The minimum absolute atomic E-state index is 0.0296. The molecule has 6 heteroatoms. The summed E-state index contributed by atoms with van der Waals surface area (Å²) in [6.45, 7) is 6.55. The van der Waals surface area contributed by atoms with Crippen molar-refractivity contribution in [3.8, 4) is 5.75 Å². The van der Waals surface area contributed by atoms with Gasteiger partial charge in [0.2, 0.25) is 0 Å². The minimum atomic E-state index is -0.482. The van der Waals surface area contributed by atoms with E-state index in [9.17, 15) is 9.90 Å². The molecule has 2 rings (SSSR count). The number of aliphatic hydroxyl groups is 1. The molecule has 0 bridgehead atoms. The van der Waals surface area contributed by atoms with Crippen LogP contribution in [0.2, 0.25) is 0 Å². The lowest BCUT2D eigenvalue weighted by Gasteiger charge is -2.33. The lowest BCUT2D eigenvalue weighted by molar-refractivity contribution is 0.0981. The smallest absolute Gasteiger partial charge is 0.317 e. The Balaban J connectivity index is 1.56. The first-order valence-corrected chi connectivity index (χ1v) is 9.19. The van der Waals surface area contributed by atoms with Crippen LogP contribution in [-0.2, 0) is 0 Å². The van der Waals surface area contributed by atoms with Crippen molar-refractivity contribution in [3.05, 3.63) is 30.3 Å². The van der Waals surface area contributed by atoms with Gasteiger partial charge in [-0.3, -0.25) is 0 Å². The van der Waals surface area contributed by atoms with E-state index in [1.54, 1.807) is 0 Å². The van der Waals surface area contributed by atoms with Crippen LogP contribution in [-0.4, -0.2) is 60.5 Å². The molecule has 1 unspecified atom stereocenters. The number of carbonyl (C=O) groups excluding carboxylic acids is 1. The van der Waals surface area contributed by atoms with Gasteiger partial charge in [0.1, 0.15) is 12.4 Å². The molecule has 1 aliphatic heterocycles. The maximum Gasteiger partial charge on any atom is 0.317 e. The SMILES string of the molecule is CC(C)NC(=O)N1CCC(NCCC(O)COc2ccccc2)CC1. The molecule has 1 aromatic rings. The summed E-state index contributed by atoms with van der Waals surface area (Å²) in [6, 6.07) is 10.1. The quantitative estimate of drug-likeness (QED) is 0.671. The van der Waals surface area contributed by atoms with Crippen molar-refractivity contribution in [1.29, 1.82) is 0 Å². The number of hydrogen-bond donors (Lipinski definition) is 3. The molecule has 2 amide bonds. The fourth-order valence-corrected chi connectivity index (χ4v) is 2.87. The number of ether oxygens (including phenoxy) is 1. The molecular weight excluding hydrogens is 318 g/mol. The van der Waals surface area contributed by atoms with E-state index in [2.05, 4.69) is 10.6 Å².